The lowest BCUT2D eigenvalue weighted by Gasteiger charge is -2.20. The lowest BCUT2D eigenvalue weighted by molar-refractivity contribution is 0.265. The molecule has 0 spiro atoms. The van der Waals surface area contributed by atoms with Crippen LogP contribution in [0.5, 0.6) is 0 Å². The average Bonchev–Trinajstić information content (AvgIpc) is 2.85. The second kappa shape index (κ2) is 6.73. The zero-order valence-corrected chi connectivity index (χ0v) is 14.5. The molecule has 1 aliphatic rings. The lowest BCUT2D eigenvalue weighted by Crippen LogP contribution is -2.33. The Bertz CT molecular complexity index is 607. The van der Waals surface area contributed by atoms with E-state index in [4.69, 9.17) is 0 Å². The van der Waals surface area contributed by atoms with Crippen molar-refractivity contribution < 1.29 is 12.8 Å². The van der Waals surface area contributed by atoms with E-state index in [0.29, 0.717) is 17.1 Å². The van der Waals surface area contributed by atoms with Gasteiger partial charge in [0.2, 0.25) is 10.0 Å². The van der Waals surface area contributed by atoms with Crippen LogP contribution in [0.15, 0.2) is 27.6 Å². The summed E-state index contributed by atoms with van der Waals surface area (Å²) in [6.45, 7) is 6.47. The van der Waals surface area contributed by atoms with Crippen molar-refractivity contribution in [1.29, 1.82) is 0 Å². The van der Waals surface area contributed by atoms with Crippen LogP contribution in [0.3, 0.4) is 0 Å². The van der Waals surface area contributed by atoms with Crippen molar-refractivity contribution in [2.24, 2.45) is 5.92 Å². The summed E-state index contributed by atoms with van der Waals surface area (Å²) in [5, 5.41) is 0. The molecular weight excluding hydrogens is 359 g/mol. The molecule has 118 valence electrons. The van der Waals surface area contributed by atoms with Gasteiger partial charge >= 0.3 is 0 Å². The first-order valence-corrected chi connectivity index (χ1v) is 9.26. The Kier molecular flexibility index (Phi) is 5.40. The zero-order chi connectivity index (χ0) is 15.6. The van der Waals surface area contributed by atoms with Gasteiger partial charge in [0.25, 0.3) is 0 Å². The third-order valence-electron chi connectivity index (χ3n) is 3.79. The van der Waals surface area contributed by atoms with Crippen LogP contribution >= 0.6 is 15.9 Å². The molecule has 2 rings (SSSR count). The number of sulfonamides is 1. The molecule has 1 aromatic carbocycles. The van der Waals surface area contributed by atoms with E-state index in [2.05, 4.69) is 39.4 Å². The Balaban J connectivity index is 1.99. The van der Waals surface area contributed by atoms with Gasteiger partial charge in [0.15, 0.2) is 0 Å². The van der Waals surface area contributed by atoms with E-state index in [9.17, 15) is 12.8 Å². The number of benzene rings is 1. The second-order valence-electron chi connectivity index (χ2n) is 5.67. The number of halogens is 2. The Labute approximate surface area is 133 Å². The van der Waals surface area contributed by atoms with E-state index in [1.165, 1.54) is 12.1 Å². The van der Waals surface area contributed by atoms with Crippen molar-refractivity contribution in [3.05, 3.63) is 28.5 Å². The van der Waals surface area contributed by atoms with Crippen LogP contribution in [-0.4, -0.2) is 39.0 Å². The normalized spacial score (nSPS) is 20.3. The summed E-state index contributed by atoms with van der Waals surface area (Å²) < 4.78 is 41.1. The van der Waals surface area contributed by atoms with Gasteiger partial charge in [-0.2, -0.15) is 0 Å². The third-order valence-corrected chi connectivity index (χ3v) is 5.74. The molecule has 0 aliphatic carbocycles. The molecule has 4 nitrogen and oxygen atoms in total. The van der Waals surface area contributed by atoms with E-state index in [1.807, 2.05) is 0 Å². The summed E-state index contributed by atoms with van der Waals surface area (Å²) in [5.74, 6) is -0.465. The molecule has 0 aromatic heterocycles. The topological polar surface area (TPSA) is 49.4 Å². The van der Waals surface area contributed by atoms with E-state index < -0.39 is 15.8 Å². The molecule has 0 saturated carbocycles. The van der Waals surface area contributed by atoms with Crippen LogP contribution in [0.4, 0.5) is 4.39 Å². The van der Waals surface area contributed by atoms with Crippen LogP contribution < -0.4 is 4.72 Å². The van der Waals surface area contributed by atoms with Gasteiger partial charge in [0.1, 0.15) is 10.7 Å². The van der Waals surface area contributed by atoms with Gasteiger partial charge in [0, 0.05) is 23.6 Å². The molecule has 21 heavy (non-hydrogen) atoms. The van der Waals surface area contributed by atoms with E-state index in [1.54, 1.807) is 0 Å². The minimum absolute atomic E-state index is 0.278. The molecule has 1 fully saturated rings. The molecule has 1 saturated heterocycles. The van der Waals surface area contributed by atoms with Gasteiger partial charge < -0.3 is 4.90 Å². The molecule has 7 heteroatoms. The fraction of sp³-hybridized carbons (Fsp3) is 0.571. The number of likely N-dealkylation sites (tertiary alicyclic amines) is 1. The SMILES string of the molecule is CC(C)N1CCC(CNS(=O)(=O)c2ccc(Br)cc2F)C1. The minimum atomic E-state index is -3.80. The lowest BCUT2D eigenvalue weighted by atomic mass is 10.1. The molecule has 1 atom stereocenters. The van der Waals surface area contributed by atoms with Crippen LogP contribution in [0, 0.1) is 11.7 Å². The highest BCUT2D eigenvalue weighted by Gasteiger charge is 2.26. The van der Waals surface area contributed by atoms with E-state index >= 15 is 0 Å². The number of nitrogens with one attached hydrogen (secondary N) is 1. The minimum Gasteiger partial charge on any atom is -0.301 e. The molecule has 1 unspecified atom stereocenters. The summed E-state index contributed by atoms with van der Waals surface area (Å²) >= 11 is 3.12. The van der Waals surface area contributed by atoms with Gasteiger partial charge in [-0.1, -0.05) is 15.9 Å². The Morgan fingerprint density at radius 1 is 1.48 bits per heavy atom. The van der Waals surface area contributed by atoms with Crippen molar-refractivity contribution in [1.82, 2.24) is 9.62 Å². The molecule has 0 amide bonds. The highest BCUT2D eigenvalue weighted by atomic mass is 79.9. The number of nitrogens with zero attached hydrogens (tertiary/aromatic N) is 1. The first-order chi connectivity index (χ1) is 9.79. The van der Waals surface area contributed by atoms with Gasteiger partial charge in [-0.3, -0.25) is 0 Å². The van der Waals surface area contributed by atoms with Crippen LogP contribution in [-0.2, 0) is 10.0 Å². The maximum Gasteiger partial charge on any atom is 0.243 e. The highest BCUT2D eigenvalue weighted by Crippen LogP contribution is 2.21. The molecule has 0 radical (unpaired) electrons. The van der Waals surface area contributed by atoms with Gasteiger partial charge in [-0.15, -0.1) is 0 Å². The summed E-state index contributed by atoms with van der Waals surface area (Å²) in [7, 11) is -3.80. The number of hydrogen-bond acceptors (Lipinski definition) is 3. The zero-order valence-electron chi connectivity index (χ0n) is 12.1. The quantitative estimate of drug-likeness (QED) is 0.856. The largest absolute Gasteiger partial charge is 0.301 e. The Morgan fingerprint density at radius 3 is 2.76 bits per heavy atom. The fourth-order valence-corrected chi connectivity index (χ4v) is 4.00. The Hall–Kier alpha value is -0.500. The van der Waals surface area contributed by atoms with Crippen molar-refractivity contribution in [3.63, 3.8) is 0 Å². The van der Waals surface area contributed by atoms with Crippen LogP contribution in [0.25, 0.3) is 0 Å². The highest BCUT2D eigenvalue weighted by molar-refractivity contribution is 9.10. The van der Waals surface area contributed by atoms with Crippen molar-refractivity contribution in [2.75, 3.05) is 19.6 Å². The first kappa shape index (κ1) is 16.9. The molecular formula is C14H20BrFN2O2S. The number of hydrogen-bond donors (Lipinski definition) is 1. The van der Waals surface area contributed by atoms with Crippen LogP contribution in [0.2, 0.25) is 0 Å². The molecule has 1 heterocycles. The summed E-state index contributed by atoms with van der Waals surface area (Å²) in [4.78, 5) is 2.02. The first-order valence-electron chi connectivity index (χ1n) is 6.98. The van der Waals surface area contributed by atoms with Crippen molar-refractivity contribution in [2.45, 2.75) is 31.2 Å². The van der Waals surface area contributed by atoms with Gasteiger partial charge in [0.05, 0.1) is 0 Å². The van der Waals surface area contributed by atoms with Crippen molar-refractivity contribution >= 4 is 26.0 Å². The molecule has 1 aliphatic heterocycles. The Morgan fingerprint density at radius 2 is 2.19 bits per heavy atom. The second-order valence-corrected chi connectivity index (χ2v) is 8.32. The maximum atomic E-state index is 13.8. The van der Waals surface area contributed by atoms with Crippen LogP contribution in [0.1, 0.15) is 20.3 Å². The molecule has 0 bridgehead atoms. The average molecular weight is 379 g/mol. The fourth-order valence-electron chi connectivity index (χ4n) is 2.50. The number of rotatable bonds is 5. The van der Waals surface area contributed by atoms with Crippen molar-refractivity contribution in [3.8, 4) is 0 Å². The summed E-state index contributed by atoms with van der Waals surface area (Å²) in [5.41, 5.74) is 0. The molecule has 1 aromatic rings. The third kappa shape index (κ3) is 4.25. The van der Waals surface area contributed by atoms with Gasteiger partial charge in [-0.05, 0) is 50.9 Å². The monoisotopic (exact) mass is 378 g/mol. The van der Waals surface area contributed by atoms with E-state index in [0.717, 1.165) is 25.6 Å². The van der Waals surface area contributed by atoms with E-state index in [-0.39, 0.29) is 10.8 Å². The maximum absolute atomic E-state index is 13.8. The van der Waals surface area contributed by atoms with Gasteiger partial charge in [-0.25, -0.2) is 17.5 Å². The standard InChI is InChI=1S/C14H20BrFN2O2S/c1-10(2)18-6-5-11(9-18)8-17-21(19,20)14-4-3-12(15)7-13(14)16/h3-4,7,10-11,17H,5-6,8-9H2,1-2H3. The summed E-state index contributed by atoms with van der Waals surface area (Å²) in [6, 6.07) is 4.42. The molecule has 1 N–H and O–H groups in total. The predicted octanol–water partition coefficient (Wildman–Crippen LogP) is 2.60. The summed E-state index contributed by atoms with van der Waals surface area (Å²) in [6.07, 6.45) is 0.962. The predicted molar refractivity (Wildman–Crippen MR) is 84.1 cm³/mol. The smallest absolute Gasteiger partial charge is 0.243 e.